The Morgan fingerprint density at radius 1 is 0.361 bits per heavy atom. The van der Waals surface area contributed by atoms with Crippen molar-refractivity contribution in [3.8, 4) is 0 Å². The van der Waals surface area contributed by atoms with Crippen LogP contribution in [0.5, 0.6) is 0 Å². The summed E-state index contributed by atoms with van der Waals surface area (Å²) in [4.78, 5) is 30.0. The van der Waals surface area contributed by atoms with Crippen LogP contribution in [0, 0.1) is 0 Å². The molecule has 0 aromatic heterocycles. The first-order valence-corrected chi connectivity index (χ1v) is 19.5. The van der Waals surface area contributed by atoms with Crippen molar-refractivity contribution in [1.82, 2.24) is 0 Å². The number of carbonyl (C=O) groups is 3. The van der Waals surface area contributed by atoms with Gasteiger partial charge in [0.05, 0.1) is 5.97 Å². The number of aliphatic carboxylic acids is 3. The summed E-state index contributed by atoms with van der Waals surface area (Å²) in [5.74, 6) is -5.98. The van der Waals surface area contributed by atoms with Crippen LogP contribution in [-0.2, 0) is 53.7 Å². The minimum absolute atomic E-state index is 0.511. The molecule has 13 heteroatoms. The number of quaternary nitrogens is 3. The molecule has 0 saturated carbocycles. The molecule has 0 aliphatic carbocycles. The van der Waals surface area contributed by atoms with Crippen LogP contribution in [0.4, 0.5) is 0 Å². The number of aliphatic hydroxyl groups is 1. The Morgan fingerprint density at radius 3 is 0.656 bits per heavy atom. The van der Waals surface area contributed by atoms with Gasteiger partial charge in [0.25, 0.3) is 0 Å². The quantitative estimate of drug-likeness (QED) is 0.0598. The predicted octanol–water partition coefficient (Wildman–Crippen LogP) is -0.270. The number of hydrogen-bond donors (Lipinski definition) is 7. The van der Waals surface area contributed by atoms with Gasteiger partial charge < -0.3 is 34.8 Å². The maximum atomic E-state index is 10.1. The normalized spacial score (nSPS) is 10.7. The first-order valence-electron chi connectivity index (χ1n) is 19.5. The summed E-state index contributed by atoms with van der Waals surface area (Å²) < 4.78 is 0. The minimum Gasteiger partial charge on any atom is -0.550 e. The second-order valence-corrected chi connectivity index (χ2v) is 14.1. The molecular weight excluding hydrogens is 779 g/mol. The van der Waals surface area contributed by atoms with E-state index in [-0.39, 0.29) is 0 Å². The van der Waals surface area contributed by atoms with Gasteiger partial charge in [-0.25, -0.2) is 15.6 Å². The topological polar surface area (TPSA) is 215 Å². The van der Waals surface area contributed by atoms with Crippen molar-refractivity contribution in [2.45, 2.75) is 57.7 Å². The Hall–Kier alpha value is -6.55. The highest BCUT2D eigenvalue weighted by Crippen LogP contribution is 2.13. The Labute approximate surface area is 355 Å². The Kier molecular flexibility index (Phi) is 21.8. The molecule has 61 heavy (non-hydrogen) atoms. The zero-order valence-electron chi connectivity index (χ0n) is 33.7. The fourth-order valence-corrected chi connectivity index (χ4v) is 5.86. The van der Waals surface area contributed by atoms with Gasteiger partial charge in [0.15, 0.2) is 0 Å². The highest BCUT2D eigenvalue weighted by Gasteiger charge is 2.29. The summed E-state index contributed by atoms with van der Waals surface area (Å²) in [6, 6.07) is 60.1. The summed E-state index contributed by atoms with van der Waals surface area (Å²) in [6.45, 7) is 3.81. The molecule has 0 saturated heterocycles. The van der Waals surface area contributed by atoms with E-state index < -0.39 is 36.4 Å². The van der Waals surface area contributed by atoms with Gasteiger partial charge >= 0.3 is 0 Å². The molecule has 0 aliphatic rings. The first kappa shape index (κ1) is 48.8. The third-order valence-electron chi connectivity index (χ3n) is 8.76. The third kappa shape index (κ3) is 21.3. The van der Waals surface area contributed by atoms with Crippen molar-refractivity contribution in [2.24, 2.45) is 0 Å². The molecule has 0 spiro atoms. The summed E-state index contributed by atoms with van der Waals surface area (Å²) >= 11 is 0. The van der Waals surface area contributed by atoms with Crippen LogP contribution < -0.4 is 30.5 Å². The van der Waals surface area contributed by atoms with Crippen molar-refractivity contribution in [3.63, 3.8) is 0 Å². The second kappa shape index (κ2) is 27.3. The molecule has 0 amide bonds. The van der Waals surface area contributed by atoms with Crippen molar-refractivity contribution in [3.05, 3.63) is 215 Å². The van der Waals surface area contributed by atoms with Crippen LogP contribution in [0.1, 0.15) is 46.2 Å². The molecule has 320 valence electrons. The van der Waals surface area contributed by atoms with Crippen LogP contribution in [0.15, 0.2) is 182 Å². The van der Waals surface area contributed by atoms with E-state index in [1.165, 1.54) is 0 Å². The fraction of sp³-hybridized carbons (Fsp3) is 0.188. The van der Waals surface area contributed by atoms with E-state index in [4.69, 9.17) is 5.11 Å². The van der Waals surface area contributed by atoms with E-state index in [9.17, 15) is 45.3 Å². The van der Waals surface area contributed by atoms with Crippen LogP contribution in [0.3, 0.4) is 0 Å². The number of hydroxylamine groups is 6. The van der Waals surface area contributed by atoms with Gasteiger partial charge in [0, 0.05) is 58.2 Å². The van der Waals surface area contributed by atoms with E-state index >= 15 is 0 Å². The van der Waals surface area contributed by atoms with E-state index in [1.807, 2.05) is 182 Å². The number of nitrogens with one attached hydrogen (secondary N) is 3. The molecule has 0 aliphatic heterocycles. The highest BCUT2D eigenvalue weighted by molar-refractivity contribution is 5.86. The van der Waals surface area contributed by atoms with E-state index in [1.54, 1.807) is 0 Å². The summed E-state index contributed by atoms with van der Waals surface area (Å²) in [5, 5.41) is 70.1. The van der Waals surface area contributed by atoms with Crippen molar-refractivity contribution in [2.75, 3.05) is 0 Å². The van der Waals surface area contributed by atoms with E-state index in [2.05, 4.69) is 0 Å². The second-order valence-electron chi connectivity index (χ2n) is 14.1. The molecule has 0 fully saturated rings. The smallest absolute Gasteiger partial charge is 0.133 e. The van der Waals surface area contributed by atoms with Crippen molar-refractivity contribution in [1.29, 1.82) is 0 Å². The third-order valence-corrected chi connectivity index (χ3v) is 8.76. The molecule has 0 heterocycles. The Morgan fingerprint density at radius 2 is 0.525 bits per heavy atom. The van der Waals surface area contributed by atoms with Gasteiger partial charge in [-0.05, 0) is 0 Å². The highest BCUT2D eigenvalue weighted by atomic mass is 16.5. The van der Waals surface area contributed by atoms with Gasteiger partial charge in [-0.2, -0.15) is 15.2 Å². The maximum Gasteiger partial charge on any atom is 0.133 e. The minimum atomic E-state index is -2.97. The number of hydrogen-bond acceptors (Lipinski definition) is 10. The lowest BCUT2D eigenvalue weighted by molar-refractivity contribution is -1.11. The van der Waals surface area contributed by atoms with Gasteiger partial charge in [-0.3, -0.25) is 0 Å². The van der Waals surface area contributed by atoms with Gasteiger partial charge in [0.2, 0.25) is 0 Å². The predicted molar refractivity (Wildman–Crippen MR) is 218 cm³/mol. The summed E-state index contributed by atoms with van der Waals surface area (Å²) in [6.07, 6.45) is -2.72. The summed E-state index contributed by atoms with van der Waals surface area (Å²) in [5.41, 5.74) is 3.92. The standard InChI is InChI=1S/3C14H15NO.C6H8O7/c3*16-15(11-13-7-3-1-4-8-13)12-14-9-5-2-6-10-14;7-3(8)1-6(13,5(11)12)2-4(9)10/h3*1-10,16H,11-12H2;13H,1-2H2,(H,7,8)(H,9,10)(H,11,12). The molecule has 7 N–H and O–H groups in total. The van der Waals surface area contributed by atoms with Crippen LogP contribution in [-0.4, -0.2) is 44.2 Å². The summed E-state index contributed by atoms with van der Waals surface area (Å²) in [7, 11) is 0. The van der Waals surface area contributed by atoms with Crippen molar-refractivity contribution >= 4 is 17.9 Å². The Balaban J connectivity index is 0.000000218. The molecular formula is C48H53N3O10. The van der Waals surface area contributed by atoms with Crippen LogP contribution >= 0.6 is 0 Å². The molecule has 0 atom stereocenters. The average Bonchev–Trinajstić information content (AvgIpc) is 3.23. The lowest BCUT2D eigenvalue weighted by atomic mass is 9.96. The maximum absolute atomic E-state index is 10.1. The van der Waals surface area contributed by atoms with E-state index in [0.29, 0.717) is 54.5 Å². The number of carboxylic acids is 3. The fourth-order valence-electron chi connectivity index (χ4n) is 5.86. The number of carbonyl (C=O) groups excluding carboxylic acids is 3. The van der Waals surface area contributed by atoms with Crippen LogP contribution in [0.25, 0.3) is 0 Å². The lowest BCUT2D eigenvalue weighted by Gasteiger charge is -2.29. The largest absolute Gasteiger partial charge is 0.550 e. The number of rotatable bonds is 17. The monoisotopic (exact) mass is 831 g/mol. The Bertz CT molecular complexity index is 1760. The molecule has 0 unspecified atom stereocenters. The average molecular weight is 832 g/mol. The molecule has 13 nitrogen and oxygen atoms in total. The zero-order chi connectivity index (χ0) is 44.3. The number of benzene rings is 6. The number of carboxylic acid groups (broad SMARTS) is 3. The van der Waals surface area contributed by atoms with E-state index in [0.717, 1.165) is 33.4 Å². The molecule has 6 aromatic carbocycles. The van der Waals surface area contributed by atoms with Crippen LogP contribution in [0.2, 0.25) is 0 Å². The van der Waals surface area contributed by atoms with Crippen molar-refractivity contribution < 1.29 is 65.6 Å². The lowest BCUT2D eigenvalue weighted by Crippen LogP contribution is -3.06. The zero-order valence-corrected chi connectivity index (χ0v) is 33.7. The first-order chi connectivity index (χ1) is 29.3. The molecule has 0 radical (unpaired) electrons. The van der Waals surface area contributed by atoms with Gasteiger partial charge in [0.1, 0.15) is 44.9 Å². The van der Waals surface area contributed by atoms with Gasteiger partial charge in [-0.1, -0.05) is 182 Å². The molecule has 6 rings (SSSR count). The van der Waals surface area contributed by atoms with Gasteiger partial charge in [-0.15, -0.1) is 0 Å². The SMILES string of the molecule is O=C([O-])CC(O)(CC(=O)[O-])C(=O)[O-].O[NH+](Cc1ccccc1)Cc1ccccc1.O[NH+](Cc1ccccc1)Cc1ccccc1.O[NH+](Cc1ccccc1)Cc1ccccc1. The molecule has 6 aromatic rings. The molecule has 0 bridgehead atoms.